The number of benzene rings is 1. The van der Waals surface area contributed by atoms with E-state index in [2.05, 4.69) is 23.4 Å². The molecular formula is C18H23FN2O. The van der Waals surface area contributed by atoms with Crippen molar-refractivity contribution in [3.8, 4) is 0 Å². The van der Waals surface area contributed by atoms with Crippen LogP contribution in [-0.2, 0) is 11.3 Å². The summed E-state index contributed by atoms with van der Waals surface area (Å²) in [4.78, 5) is 4.57. The zero-order valence-electron chi connectivity index (χ0n) is 13.5. The van der Waals surface area contributed by atoms with Crippen molar-refractivity contribution in [3.63, 3.8) is 0 Å². The van der Waals surface area contributed by atoms with Gasteiger partial charge in [0.05, 0.1) is 5.60 Å². The Bertz CT molecular complexity index is 663. The molecule has 0 radical (unpaired) electrons. The molecule has 1 aromatic carbocycles. The first-order valence-electron chi connectivity index (χ1n) is 7.85. The Hall–Kier alpha value is -1.68. The highest BCUT2D eigenvalue weighted by atomic mass is 19.1. The molecule has 0 saturated carbocycles. The molecule has 1 aliphatic rings. The third-order valence-corrected chi connectivity index (χ3v) is 4.46. The first-order valence-corrected chi connectivity index (χ1v) is 7.85. The Morgan fingerprint density at radius 1 is 1.41 bits per heavy atom. The van der Waals surface area contributed by atoms with Gasteiger partial charge in [0.15, 0.2) is 0 Å². The first kappa shape index (κ1) is 15.2. The molecule has 1 aliphatic heterocycles. The standard InChI is InChI=1S/C18H23FN2O/c1-13-4-5-16(19)10-15(13)12-21-8-7-20-17(21)14-6-9-22-18(2,3)11-14/h4-5,7-8,10,14H,6,9,11-12H2,1-3H3. The van der Waals surface area contributed by atoms with Crippen LogP contribution in [0.5, 0.6) is 0 Å². The van der Waals surface area contributed by atoms with Crippen LogP contribution >= 0.6 is 0 Å². The van der Waals surface area contributed by atoms with Crippen LogP contribution in [0.4, 0.5) is 4.39 Å². The van der Waals surface area contributed by atoms with Crippen LogP contribution in [0.2, 0.25) is 0 Å². The number of aryl methyl sites for hydroxylation is 1. The summed E-state index contributed by atoms with van der Waals surface area (Å²) in [6.45, 7) is 7.70. The molecule has 1 fully saturated rings. The summed E-state index contributed by atoms with van der Waals surface area (Å²) in [5, 5.41) is 0. The molecule has 22 heavy (non-hydrogen) atoms. The van der Waals surface area contributed by atoms with Gasteiger partial charge in [-0.1, -0.05) is 6.07 Å². The summed E-state index contributed by atoms with van der Waals surface area (Å²) in [6.07, 6.45) is 5.78. The van der Waals surface area contributed by atoms with Crippen molar-refractivity contribution in [1.29, 1.82) is 0 Å². The number of aromatic nitrogens is 2. The quantitative estimate of drug-likeness (QED) is 0.855. The number of hydrogen-bond donors (Lipinski definition) is 0. The van der Waals surface area contributed by atoms with E-state index in [4.69, 9.17) is 4.74 Å². The molecule has 1 unspecified atom stereocenters. The summed E-state index contributed by atoms with van der Waals surface area (Å²) < 4.78 is 21.4. The van der Waals surface area contributed by atoms with E-state index in [1.165, 1.54) is 6.07 Å². The van der Waals surface area contributed by atoms with Gasteiger partial charge in [-0.25, -0.2) is 9.37 Å². The number of rotatable bonds is 3. The number of halogens is 1. The first-order chi connectivity index (χ1) is 10.4. The normalized spacial score (nSPS) is 21.0. The maximum atomic E-state index is 13.5. The Kier molecular flexibility index (Phi) is 4.04. The summed E-state index contributed by atoms with van der Waals surface area (Å²) in [5.41, 5.74) is 2.01. The average molecular weight is 302 g/mol. The van der Waals surface area contributed by atoms with Crippen LogP contribution in [-0.4, -0.2) is 21.8 Å². The monoisotopic (exact) mass is 302 g/mol. The molecule has 4 heteroatoms. The zero-order chi connectivity index (χ0) is 15.7. The molecule has 1 saturated heterocycles. The predicted molar refractivity (Wildman–Crippen MR) is 84.5 cm³/mol. The minimum Gasteiger partial charge on any atom is -0.376 e. The second-order valence-electron chi connectivity index (χ2n) is 6.78. The van der Waals surface area contributed by atoms with Gasteiger partial charge in [0.1, 0.15) is 11.6 Å². The fourth-order valence-corrected chi connectivity index (χ4v) is 3.26. The molecule has 0 bridgehead atoms. The molecule has 2 aromatic rings. The number of imidazole rings is 1. The van der Waals surface area contributed by atoms with Gasteiger partial charge in [-0.15, -0.1) is 0 Å². The lowest BCUT2D eigenvalue weighted by molar-refractivity contribution is -0.0606. The van der Waals surface area contributed by atoms with Crippen LogP contribution in [0.15, 0.2) is 30.6 Å². The van der Waals surface area contributed by atoms with E-state index in [1.54, 1.807) is 6.07 Å². The van der Waals surface area contributed by atoms with Gasteiger partial charge in [-0.2, -0.15) is 0 Å². The smallest absolute Gasteiger partial charge is 0.123 e. The highest BCUT2D eigenvalue weighted by Crippen LogP contribution is 2.35. The van der Waals surface area contributed by atoms with Crippen molar-refractivity contribution in [2.45, 2.75) is 51.7 Å². The molecular weight excluding hydrogens is 279 g/mol. The van der Waals surface area contributed by atoms with E-state index in [1.807, 2.05) is 25.4 Å². The molecule has 118 valence electrons. The van der Waals surface area contributed by atoms with Crippen molar-refractivity contribution in [3.05, 3.63) is 53.4 Å². The van der Waals surface area contributed by atoms with Crippen molar-refractivity contribution in [2.75, 3.05) is 6.61 Å². The Balaban J connectivity index is 1.84. The summed E-state index contributed by atoms with van der Waals surface area (Å²) >= 11 is 0. The van der Waals surface area contributed by atoms with Gasteiger partial charge >= 0.3 is 0 Å². The van der Waals surface area contributed by atoms with Gasteiger partial charge in [-0.3, -0.25) is 0 Å². The van der Waals surface area contributed by atoms with E-state index in [9.17, 15) is 4.39 Å². The van der Waals surface area contributed by atoms with Crippen molar-refractivity contribution in [1.82, 2.24) is 9.55 Å². The molecule has 1 aromatic heterocycles. The van der Waals surface area contributed by atoms with Gasteiger partial charge < -0.3 is 9.30 Å². The fraction of sp³-hybridized carbons (Fsp3) is 0.500. The van der Waals surface area contributed by atoms with Crippen LogP contribution in [0.25, 0.3) is 0 Å². The topological polar surface area (TPSA) is 27.1 Å². The van der Waals surface area contributed by atoms with Crippen LogP contribution in [0.1, 0.15) is 49.6 Å². The lowest BCUT2D eigenvalue weighted by atomic mass is 9.87. The summed E-state index contributed by atoms with van der Waals surface area (Å²) in [5.74, 6) is 1.29. The molecule has 0 N–H and O–H groups in total. The van der Waals surface area contributed by atoms with E-state index in [-0.39, 0.29) is 11.4 Å². The third-order valence-electron chi connectivity index (χ3n) is 4.46. The maximum absolute atomic E-state index is 13.5. The van der Waals surface area contributed by atoms with Gasteiger partial charge in [0.25, 0.3) is 0 Å². The van der Waals surface area contributed by atoms with Crippen LogP contribution < -0.4 is 0 Å². The average Bonchev–Trinajstić information content (AvgIpc) is 2.90. The van der Waals surface area contributed by atoms with E-state index in [0.29, 0.717) is 12.5 Å². The van der Waals surface area contributed by atoms with E-state index >= 15 is 0 Å². The van der Waals surface area contributed by atoms with Gasteiger partial charge in [0, 0.05) is 31.5 Å². The van der Waals surface area contributed by atoms with Gasteiger partial charge in [-0.05, 0) is 56.9 Å². The van der Waals surface area contributed by atoms with Crippen molar-refractivity contribution < 1.29 is 9.13 Å². The molecule has 3 rings (SSSR count). The predicted octanol–water partition coefficient (Wildman–Crippen LogP) is 4.05. The largest absolute Gasteiger partial charge is 0.376 e. The third kappa shape index (κ3) is 3.22. The zero-order valence-corrected chi connectivity index (χ0v) is 13.5. The molecule has 1 atom stereocenters. The SMILES string of the molecule is Cc1ccc(F)cc1Cn1ccnc1C1CCOC(C)(C)C1. The van der Waals surface area contributed by atoms with Gasteiger partial charge in [0.2, 0.25) is 0 Å². The minimum absolute atomic E-state index is 0.103. The molecule has 2 heterocycles. The molecule has 3 nitrogen and oxygen atoms in total. The lowest BCUT2D eigenvalue weighted by Gasteiger charge is -2.35. The highest BCUT2D eigenvalue weighted by Gasteiger charge is 2.31. The number of hydrogen-bond acceptors (Lipinski definition) is 2. The van der Waals surface area contributed by atoms with Crippen LogP contribution in [0, 0.1) is 12.7 Å². The fourth-order valence-electron chi connectivity index (χ4n) is 3.26. The minimum atomic E-state index is -0.186. The van der Waals surface area contributed by atoms with Crippen molar-refractivity contribution in [2.24, 2.45) is 0 Å². The lowest BCUT2D eigenvalue weighted by Crippen LogP contribution is -2.34. The maximum Gasteiger partial charge on any atom is 0.123 e. The molecule has 0 amide bonds. The Morgan fingerprint density at radius 2 is 2.23 bits per heavy atom. The Morgan fingerprint density at radius 3 is 3.00 bits per heavy atom. The number of nitrogens with zero attached hydrogens (tertiary/aromatic N) is 2. The second kappa shape index (κ2) is 5.84. The van der Waals surface area contributed by atoms with E-state index < -0.39 is 0 Å². The molecule has 0 aliphatic carbocycles. The van der Waals surface area contributed by atoms with E-state index in [0.717, 1.165) is 36.4 Å². The van der Waals surface area contributed by atoms with Crippen LogP contribution in [0.3, 0.4) is 0 Å². The summed E-state index contributed by atoms with van der Waals surface area (Å²) in [6, 6.07) is 4.96. The number of ether oxygens (including phenoxy) is 1. The second-order valence-corrected chi connectivity index (χ2v) is 6.78. The highest BCUT2D eigenvalue weighted by molar-refractivity contribution is 5.27. The summed E-state index contributed by atoms with van der Waals surface area (Å²) in [7, 11) is 0. The Labute approximate surface area is 131 Å². The van der Waals surface area contributed by atoms with Crippen molar-refractivity contribution >= 4 is 0 Å². The molecule has 0 spiro atoms.